The topological polar surface area (TPSA) is 155 Å². The predicted octanol–water partition coefficient (Wildman–Crippen LogP) is 18.3. The van der Waals surface area contributed by atoms with Crippen LogP contribution < -0.4 is 0 Å². The third kappa shape index (κ3) is 55.4. The molecule has 0 aromatic heterocycles. The first-order valence-corrected chi connectivity index (χ1v) is 32.0. The maximum atomic E-state index is 12.9. The summed E-state index contributed by atoms with van der Waals surface area (Å²) >= 11 is 0. The number of aliphatic hydroxyl groups excluding tert-OH is 1. The van der Waals surface area contributed by atoms with Crippen molar-refractivity contribution in [3.8, 4) is 0 Å². The van der Waals surface area contributed by atoms with Crippen molar-refractivity contribution >= 4 is 25.7 Å². The molecular formula is C64H111O11P. The van der Waals surface area contributed by atoms with E-state index in [1.54, 1.807) is 0 Å². The lowest BCUT2D eigenvalue weighted by Gasteiger charge is -2.21. The van der Waals surface area contributed by atoms with E-state index in [4.69, 9.17) is 23.3 Å². The highest BCUT2D eigenvalue weighted by Crippen LogP contribution is 2.43. The summed E-state index contributed by atoms with van der Waals surface area (Å²) in [6.07, 6.45) is 66.8. The number of phosphoric ester groups is 1. The summed E-state index contributed by atoms with van der Waals surface area (Å²) in [5.74, 6) is -1.51. The molecule has 3 unspecified atom stereocenters. The molecule has 0 radical (unpaired) electrons. The average molecular weight is 1090 g/mol. The molecule has 0 heterocycles. The summed E-state index contributed by atoms with van der Waals surface area (Å²) in [6.45, 7) is 4.39. The SMILES string of the molecule is CC/C=C\C/C=C\C/C=C\CCCCCCCCCC(=O)OC(CO)COP(=O)(O)OCC(COC(=O)CCCCC/C=C\C/C=C\C/C=C\CC)OC(=O)CCCCCCCCCCC/C=C\CCCCCCCC. The maximum absolute atomic E-state index is 12.9. The van der Waals surface area contributed by atoms with Gasteiger partial charge in [0.15, 0.2) is 6.10 Å². The second-order valence-electron chi connectivity index (χ2n) is 20.1. The third-order valence-corrected chi connectivity index (χ3v) is 13.7. The lowest BCUT2D eigenvalue weighted by atomic mass is 10.1. The Morgan fingerprint density at radius 3 is 1.08 bits per heavy atom. The van der Waals surface area contributed by atoms with E-state index < -0.39 is 57.8 Å². The van der Waals surface area contributed by atoms with E-state index in [9.17, 15) is 28.9 Å². The fraction of sp³-hybridized carbons (Fsp3) is 0.734. The van der Waals surface area contributed by atoms with Crippen LogP contribution in [0.25, 0.3) is 0 Å². The van der Waals surface area contributed by atoms with E-state index in [1.165, 1.54) is 96.3 Å². The van der Waals surface area contributed by atoms with Gasteiger partial charge in [-0.05, 0) is 109 Å². The van der Waals surface area contributed by atoms with Crippen LogP contribution in [-0.4, -0.2) is 66.5 Å². The zero-order valence-corrected chi connectivity index (χ0v) is 49.3. The summed E-state index contributed by atoms with van der Waals surface area (Å²) in [5.41, 5.74) is 0. The van der Waals surface area contributed by atoms with Crippen LogP contribution in [0.4, 0.5) is 0 Å². The largest absolute Gasteiger partial charge is 0.472 e. The molecule has 12 heteroatoms. The van der Waals surface area contributed by atoms with Gasteiger partial charge in [0.25, 0.3) is 0 Å². The smallest absolute Gasteiger partial charge is 0.462 e. The van der Waals surface area contributed by atoms with Crippen molar-refractivity contribution in [2.24, 2.45) is 0 Å². The molecule has 438 valence electrons. The number of rotatable bonds is 56. The van der Waals surface area contributed by atoms with Crippen LogP contribution in [0.2, 0.25) is 0 Å². The summed E-state index contributed by atoms with van der Waals surface area (Å²) in [6, 6.07) is 0. The zero-order valence-electron chi connectivity index (χ0n) is 48.5. The molecule has 76 heavy (non-hydrogen) atoms. The number of aliphatic hydroxyl groups is 1. The standard InChI is InChI=1S/C64H111O11P/c1-4-7-10-13-16-19-22-25-27-29-30-32-34-37-40-43-46-49-52-55-64(68)75-61(57-71-62(66)53-50-47-44-41-38-35-24-21-18-15-12-9-6-3)59-73-76(69,70)72-58-60(56-65)74-63(67)54-51-48-45-42-39-36-33-31-28-26-23-20-17-14-11-8-5-2/h8-9,11-12,17-18,20-21,25-28,35,38,60-61,65H,4-7,10,13-16,19,22-24,29-34,36-37,39-59H2,1-3H3,(H,69,70)/b11-8-,12-9-,20-17-,21-18-,27-25-,28-26-,38-35-. The molecular weight excluding hydrogens is 976 g/mol. The maximum Gasteiger partial charge on any atom is 0.472 e. The molecule has 0 saturated heterocycles. The molecule has 3 atom stereocenters. The Bertz CT molecular complexity index is 1600. The first kappa shape index (κ1) is 72.7. The molecule has 0 aliphatic heterocycles. The Balaban J connectivity index is 4.71. The molecule has 0 bridgehead atoms. The van der Waals surface area contributed by atoms with Gasteiger partial charge in [-0.15, -0.1) is 0 Å². The highest BCUT2D eigenvalue weighted by molar-refractivity contribution is 7.47. The molecule has 0 fully saturated rings. The fourth-order valence-corrected chi connectivity index (χ4v) is 8.99. The van der Waals surface area contributed by atoms with Crippen LogP contribution in [0.3, 0.4) is 0 Å². The van der Waals surface area contributed by atoms with Gasteiger partial charge in [0.1, 0.15) is 12.7 Å². The first-order valence-electron chi connectivity index (χ1n) is 30.5. The van der Waals surface area contributed by atoms with Crippen LogP contribution >= 0.6 is 7.82 Å². The van der Waals surface area contributed by atoms with Crippen LogP contribution in [0.15, 0.2) is 85.1 Å². The number of unbranched alkanes of at least 4 members (excludes halogenated alkanes) is 25. The number of esters is 3. The Kier molecular flexibility index (Phi) is 55.3. The minimum absolute atomic E-state index is 0.156. The van der Waals surface area contributed by atoms with Crippen molar-refractivity contribution in [1.82, 2.24) is 0 Å². The fourth-order valence-electron chi connectivity index (χ4n) is 8.20. The molecule has 0 aromatic rings. The van der Waals surface area contributed by atoms with E-state index >= 15 is 0 Å². The number of carbonyl (C=O) groups is 3. The van der Waals surface area contributed by atoms with Crippen molar-refractivity contribution in [2.75, 3.05) is 26.4 Å². The second-order valence-corrected chi connectivity index (χ2v) is 21.6. The third-order valence-electron chi connectivity index (χ3n) is 12.8. The number of carbonyl (C=O) groups excluding carboxylic acids is 3. The van der Waals surface area contributed by atoms with Gasteiger partial charge in [-0.3, -0.25) is 23.4 Å². The number of allylic oxidation sites excluding steroid dienone is 14. The summed E-state index contributed by atoms with van der Waals surface area (Å²) < 4.78 is 39.6. The minimum atomic E-state index is -4.76. The first-order chi connectivity index (χ1) is 37.2. The molecule has 0 amide bonds. The van der Waals surface area contributed by atoms with Crippen LogP contribution in [0.1, 0.15) is 265 Å². The van der Waals surface area contributed by atoms with Gasteiger partial charge in [0.05, 0.1) is 19.8 Å². The van der Waals surface area contributed by atoms with E-state index in [1.807, 2.05) is 0 Å². The Hall–Kier alpha value is -3.34. The van der Waals surface area contributed by atoms with Gasteiger partial charge < -0.3 is 24.2 Å². The summed E-state index contributed by atoms with van der Waals surface area (Å²) in [5, 5.41) is 9.83. The highest BCUT2D eigenvalue weighted by Gasteiger charge is 2.28. The number of ether oxygens (including phenoxy) is 3. The number of phosphoric acid groups is 1. The minimum Gasteiger partial charge on any atom is -0.462 e. The molecule has 0 aliphatic rings. The van der Waals surface area contributed by atoms with Gasteiger partial charge in [-0.2, -0.15) is 0 Å². The quantitative estimate of drug-likeness (QED) is 0.0197. The molecule has 2 N–H and O–H groups in total. The van der Waals surface area contributed by atoms with Crippen molar-refractivity contribution in [3.05, 3.63) is 85.1 Å². The molecule has 11 nitrogen and oxygen atoms in total. The van der Waals surface area contributed by atoms with Gasteiger partial charge in [0.2, 0.25) is 0 Å². The molecule has 0 aromatic carbocycles. The number of hydrogen-bond donors (Lipinski definition) is 2. The van der Waals surface area contributed by atoms with E-state index in [-0.39, 0.29) is 25.9 Å². The zero-order chi connectivity index (χ0) is 55.5. The van der Waals surface area contributed by atoms with Crippen LogP contribution in [0.5, 0.6) is 0 Å². The van der Waals surface area contributed by atoms with Crippen molar-refractivity contribution < 1.29 is 52.2 Å². The second kappa shape index (κ2) is 57.8. The van der Waals surface area contributed by atoms with Crippen molar-refractivity contribution in [1.29, 1.82) is 0 Å². The van der Waals surface area contributed by atoms with E-state index in [0.717, 1.165) is 109 Å². The van der Waals surface area contributed by atoms with Crippen molar-refractivity contribution in [2.45, 2.75) is 277 Å². The summed E-state index contributed by atoms with van der Waals surface area (Å²) in [4.78, 5) is 48.6. The highest BCUT2D eigenvalue weighted by atomic mass is 31.2. The van der Waals surface area contributed by atoms with Gasteiger partial charge in [0, 0.05) is 19.3 Å². The Morgan fingerprint density at radius 2 is 0.684 bits per heavy atom. The normalized spacial score (nSPS) is 13.9. The Morgan fingerprint density at radius 1 is 0.382 bits per heavy atom. The van der Waals surface area contributed by atoms with Gasteiger partial charge >= 0.3 is 25.7 Å². The van der Waals surface area contributed by atoms with Crippen LogP contribution in [0, 0.1) is 0 Å². The molecule has 0 rings (SSSR count). The van der Waals surface area contributed by atoms with E-state index in [0.29, 0.717) is 19.3 Å². The van der Waals surface area contributed by atoms with Crippen molar-refractivity contribution in [3.63, 3.8) is 0 Å². The van der Waals surface area contributed by atoms with Gasteiger partial charge in [-0.1, -0.05) is 221 Å². The van der Waals surface area contributed by atoms with Crippen LogP contribution in [-0.2, 0) is 42.2 Å². The van der Waals surface area contributed by atoms with Gasteiger partial charge in [-0.25, -0.2) is 4.57 Å². The lowest BCUT2D eigenvalue weighted by Crippen LogP contribution is -2.30. The van der Waals surface area contributed by atoms with E-state index in [2.05, 4.69) is 106 Å². The lowest BCUT2D eigenvalue weighted by molar-refractivity contribution is -0.161. The molecule has 0 saturated carbocycles. The predicted molar refractivity (Wildman–Crippen MR) is 316 cm³/mol. The average Bonchev–Trinajstić information content (AvgIpc) is 3.41. The Labute approximate surface area is 464 Å². The summed E-state index contributed by atoms with van der Waals surface area (Å²) in [7, 11) is -4.76. The number of hydrogen-bond acceptors (Lipinski definition) is 10. The monoisotopic (exact) mass is 1090 g/mol. The molecule has 0 aliphatic carbocycles. The molecule has 0 spiro atoms.